The highest BCUT2D eigenvalue weighted by atomic mass is 16.2. The lowest BCUT2D eigenvalue weighted by Gasteiger charge is -2.21. The summed E-state index contributed by atoms with van der Waals surface area (Å²) in [6, 6.07) is 7.27. The van der Waals surface area contributed by atoms with Crippen molar-refractivity contribution >= 4 is 5.91 Å². The third-order valence-corrected chi connectivity index (χ3v) is 2.55. The summed E-state index contributed by atoms with van der Waals surface area (Å²) < 4.78 is 0. The van der Waals surface area contributed by atoms with E-state index in [9.17, 15) is 4.79 Å². The van der Waals surface area contributed by atoms with Crippen molar-refractivity contribution in [2.75, 3.05) is 13.1 Å². The van der Waals surface area contributed by atoms with Crippen LogP contribution in [0.25, 0.3) is 0 Å². The number of rotatable bonds is 5. The standard InChI is InChI=1S/C15H19NO/c1-4-10-16(11-5-2)15(17)14-9-7-8-13(6-3)12-14/h3,7-9,12H,4-5,10-11H2,1-2H3. The molecule has 0 aliphatic rings. The molecule has 90 valence electrons. The fourth-order valence-electron chi connectivity index (χ4n) is 1.78. The predicted molar refractivity (Wildman–Crippen MR) is 70.9 cm³/mol. The van der Waals surface area contributed by atoms with Gasteiger partial charge in [-0.05, 0) is 31.0 Å². The number of benzene rings is 1. The third-order valence-electron chi connectivity index (χ3n) is 2.55. The van der Waals surface area contributed by atoms with Crippen LogP contribution >= 0.6 is 0 Å². The van der Waals surface area contributed by atoms with Crippen LogP contribution < -0.4 is 0 Å². The highest BCUT2D eigenvalue weighted by Gasteiger charge is 2.13. The molecule has 0 radical (unpaired) electrons. The van der Waals surface area contributed by atoms with Crippen LogP contribution in [-0.2, 0) is 0 Å². The van der Waals surface area contributed by atoms with Gasteiger partial charge in [0.2, 0.25) is 0 Å². The summed E-state index contributed by atoms with van der Waals surface area (Å²) >= 11 is 0. The Kier molecular flexibility index (Phi) is 5.29. The number of amides is 1. The summed E-state index contributed by atoms with van der Waals surface area (Å²) in [7, 11) is 0. The second-order valence-corrected chi connectivity index (χ2v) is 4.02. The van der Waals surface area contributed by atoms with Gasteiger partial charge < -0.3 is 4.90 Å². The summed E-state index contributed by atoms with van der Waals surface area (Å²) in [5.74, 6) is 2.63. The topological polar surface area (TPSA) is 20.3 Å². The molecule has 0 fully saturated rings. The first-order chi connectivity index (χ1) is 8.22. The van der Waals surface area contributed by atoms with E-state index in [4.69, 9.17) is 6.42 Å². The molecule has 1 aromatic carbocycles. The Labute approximate surface area is 104 Å². The molecule has 1 amide bonds. The van der Waals surface area contributed by atoms with Gasteiger partial charge in [0.1, 0.15) is 0 Å². The van der Waals surface area contributed by atoms with E-state index in [0.717, 1.165) is 31.5 Å². The second kappa shape index (κ2) is 6.75. The van der Waals surface area contributed by atoms with Crippen molar-refractivity contribution in [1.29, 1.82) is 0 Å². The molecule has 1 aromatic rings. The van der Waals surface area contributed by atoms with E-state index < -0.39 is 0 Å². The minimum Gasteiger partial charge on any atom is -0.339 e. The molecule has 0 aromatic heterocycles. The molecule has 2 nitrogen and oxygen atoms in total. The van der Waals surface area contributed by atoms with Crippen molar-refractivity contribution < 1.29 is 4.79 Å². The lowest BCUT2D eigenvalue weighted by Crippen LogP contribution is -2.32. The van der Waals surface area contributed by atoms with Crippen LogP contribution in [0, 0.1) is 12.3 Å². The Hall–Kier alpha value is -1.75. The number of carbonyl (C=O) groups excluding carboxylic acids is 1. The molecule has 0 saturated heterocycles. The molecule has 0 atom stereocenters. The van der Waals surface area contributed by atoms with E-state index >= 15 is 0 Å². The molecule has 17 heavy (non-hydrogen) atoms. The van der Waals surface area contributed by atoms with Gasteiger partial charge in [-0.15, -0.1) is 6.42 Å². The fraction of sp³-hybridized carbons (Fsp3) is 0.400. The van der Waals surface area contributed by atoms with Gasteiger partial charge >= 0.3 is 0 Å². The van der Waals surface area contributed by atoms with Gasteiger partial charge in [-0.2, -0.15) is 0 Å². The quantitative estimate of drug-likeness (QED) is 0.711. The van der Waals surface area contributed by atoms with Gasteiger partial charge in [-0.25, -0.2) is 0 Å². The zero-order valence-electron chi connectivity index (χ0n) is 10.6. The molecular formula is C15H19NO. The van der Waals surface area contributed by atoms with Crippen LogP contribution in [-0.4, -0.2) is 23.9 Å². The summed E-state index contributed by atoms with van der Waals surface area (Å²) in [6.07, 6.45) is 7.28. The Morgan fingerprint density at radius 3 is 2.47 bits per heavy atom. The largest absolute Gasteiger partial charge is 0.339 e. The zero-order chi connectivity index (χ0) is 12.7. The molecule has 0 aliphatic heterocycles. The Morgan fingerprint density at radius 2 is 1.94 bits per heavy atom. The molecule has 0 bridgehead atoms. The molecule has 1 rings (SSSR count). The maximum Gasteiger partial charge on any atom is 0.253 e. The molecule has 0 aliphatic carbocycles. The Morgan fingerprint density at radius 1 is 1.29 bits per heavy atom. The molecule has 0 heterocycles. The van der Waals surface area contributed by atoms with Crippen LogP contribution in [0.4, 0.5) is 0 Å². The maximum atomic E-state index is 12.3. The lowest BCUT2D eigenvalue weighted by atomic mass is 10.1. The first-order valence-corrected chi connectivity index (χ1v) is 6.08. The average molecular weight is 229 g/mol. The van der Waals surface area contributed by atoms with Crippen LogP contribution in [0.5, 0.6) is 0 Å². The van der Waals surface area contributed by atoms with E-state index in [1.54, 1.807) is 6.07 Å². The number of terminal acetylenes is 1. The normalized spacial score (nSPS) is 9.71. The van der Waals surface area contributed by atoms with Gasteiger partial charge in [-0.3, -0.25) is 4.79 Å². The molecule has 2 heteroatoms. The van der Waals surface area contributed by atoms with Crippen molar-refractivity contribution in [3.8, 4) is 12.3 Å². The number of carbonyl (C=O) groups is 1. The highest BCUT2D eigenvalue weighted by Crippen LogP contribution is 2.09. The first kappa shape index (κ1) is 13.3. The third kappa shape index (κ3) is 3.64. The van der Waals surface area contributed by atoms with E-state index in [1.807, 2.05) is 23.1 Å². The average Bonchev–Trinajstić information content (AvgIpc) is 2.38. The highest BCUT2D eigenvalue weighted by molar-refractivity contribution is 5.94. The van der Waals surface area contributed by atoms with Crippen molar-refractivity contribution in [1.82, 2.24) is 4.90 Å². The van der Waals surface area contributed by atoms with E-state index in [-0.39, 0.29) is 5.91 Å². The summed E-state index contributed by atoms with van der Waals surface area (Å²) in [5.41, 5.74) is 1.44. The van der Waals surface area contributed by atoms with Gasteiger partial charge in [-0.1, -0.05) is 25.8 Å². The van der Waals surface area contributed by atoms with Gasteiger partial charge in [0.15, 0.2) is 0 Å². The van der Waals surface area contributed by atoms with Crippen LogP contribution in [0.2, 0.25) is 0 Å². The summed E-state index contributed by atoms with van der Waals surface area (Å²) in [4.78, 5) is 14.1. The van der Waals surface area contributed by atoms with E-state index in [0.29, 0.717) is 5.56 Å². The Bertz CT molecular complexity index is 411. The maximum absolute atomic E-state index is 12.3. The smallest absolute Gasteiger partial charge is 0.253 e. The minimum absolute atomic E-state index is 0.0748. The zero-order valence-corrected chi connectivity index (χ0v) is 10.6. The van der Waals surface area contributed by atoms with E-state index in [2.05, 4.69) is 19.8 Å². The number of hydrogen-bond donors (Lipinski definition) is 0. The fourth-order valence-corrected chi connectivity index (χ4v) is 1.78. The van der Waals surface area contributed by atoms with Crippen LogP contribution in [0.3, 0.4) is 0 Å². The lowest BCUT2D eigenvalue weighted by molar-refractivity contribution is 0.0755. The van der Waals surface area contributed by atoms with Gasteiger partial charge in [0, 0.05) is 24.2 Å². The number of nitrogens with zero attached hydrogens (tertiary/aromatic N) is 1. The van der Waals surface area contributed by atoms with E-state index in [1.165, 1.54) is 0 Å². The van der Waals surface area contributed by atoms with Crippen molar-refractivity contribution in [3.63, 3.8) is 0 Å². The molecular weight excluding hydrogens is 210 g/mol. The SMILES string of the molecule is C#Cc1cccc(C(=O)N(CCC)CCC)c1. The van der Waals surface area contributed by atoms with Crippen molar-refractivity contribution in [3.05, 3.63) is 35.4 Å². The second-order valence-electron chi connectivity index (χ2n) is 4.02. The molecule has 0 saturated carbocycles. The summed E-state index contributed by atoms with van der Waals surface area (Å²) in [5, 5.41) is 0. The predicted octanol–water partition coefficient (Wildman–Crippen LogP) is 2.93. The van der Waals surface area contributed by atoms with Crippen molar-refractivity contribution in [2.24, 2.45) is 0 Å². The molecule has 0 spiro atoms. The van der Waals surface area contributed by atoms with Crippen LogP contribution in [0.1, 0.15) is 42.6 Å². The first-order valence-electron chi connectivity index (χ1n) is 6.08. The van der Waals surface area contributed by atoms with Gasteiger partial charge in [0.05, 0.1) is 0 Å². The number of hydrogen-bond acceptors (Lipinski definition) is 1. The monoisotopic (exact) mass is 229 g/mol. The van der Waals surface area contributed by atoms with Crippen LogP contribution in [0.15, 0.2) is 24.3 Å². The van der Waals surface area contributed by atoms with Crippen molar-refractivity contribution in [2.45, 2.75) is 26.7 Å². The molecule has 0 N–H and O–H groups in total. The van der Waals surface area contributed by atoms with Gasteiger partial charge in [0.25, 0.3) is 5.91 Å². The minimum atomic E-state index is 0.0748. The summed E-state index contributed by atoms with van der Waals surface area (Å²) in [6.45, 7) is 5.75. The molecule has 0 unspecified atom stereocenters. The Balaban J connectivity index is 2.89.